The van der Waals surface area contributed by atoms with Gasteiger partial charge in [-0.05, 0) is 31.3 Å². The first-order valence-corrected chi connectivity index (χ1v) is 10.5. The van der Waals surface area contributed by atoms with E-state index in [0.29, 0.717) is 5.75 Å². The number of nitrogens with two attached hydrogens (primary N) is 1. The van der Waals surface area contributed by atoms with Crippen LogP contribution in [0.15, 0.2) is 0 Å². The van der Waals surface area contributed by atoms with Crippen LogP contribution in [0.3, 0.4) is 0 Å². The number of rotatable bonds is 13. The van der Waals surface area contributed by atoms with E-state index in [4.69, 9.17) is 15.9 Å². The molecule has 11 nitrogen and oxygen atoms in total. The van der Waals surface area contributed by atoms with Crippen LogP contribution in [-0.2, 0) is 19.2 Å². The highest BCUT2D eigenvalue weighted by atomic mass is 32.2. The lowest BCUT2D eigenvalue weighted by atomic mass is 10.0. The number of carbonyl (C=O) groups is 4. The standard InChI is InChI=1S/C17H32N4O7S/c1-8(2)12(16(26)21-13(9(3)23)17(27)28)20-15(25)11(5-6-29-4)19-14(24)10(18)7-22/h8-13,22-23H,5-7,18H2,1-4H3,(H,19,24)(H,20,25)(H,21,26)(H,27,28). The largest absolute Gasteiger partial charge is 0.480 e. The normalized spacial score (nSPS) is 16.3. The monoisotopic (exact) mass is 436 g/mol. The van der Waals surface area contributed by atoms with Gasteiger partial charge in [-0.2, -0.15) is 11.8 Å². The summed E-state index contributed by atoms with van der Waals surface area (Å²) in [6, 6.07) is -4.81. The van der Waals surface area contributed by atoms with Gasteiger partial charge in [0.05, 0.1) is 12.7 Å². The van der Waals surface area contributed by atoms with Crippen LogP contribution in [0.4, 0.5) is 0 Å². The van der Waals surface area contributed by atoms with Gasteiger partial charge in [-0.3, -0.25) is 14.4 Å². The predicted octanol–water partition coefficient (Wildman–Crippen LogP) is -2.37. The first-order valence-electron chi connectivity index (χ1n) is 9.13. The minimum atomic E-state index is -1.53. The summed E-state index contributed by atoms with van der Waals surface area (Å²) in [7, 11) is 0. The van der Waals surface area contributed by atoms with E-state index >= 15 is 0 Å². The summed E-state index contributed by atoms with van der Waals surface area (Å²) in [6.45, 7) is 3.94. The molecule has 0 fully saturated rings. The Bertz CT molecular complexity index is 574. The van der Waals surface area contributed by atoms with Crippen LogP contribution in [0.2, 0.25) is 0 Å². The lowest BCUT2D eigenvalue weighted by Gasteiger charge is -2.27. The van der Waals surface area contributed by atoms with E-state index in [9.17, 15) is 24.3 Å². The second-order valence-corrected chi connectivity index (χ2v) is 7.91. The number of aliphatic carboxylic acids is 1. The Morgan fingerprint density at radius 1 is 0.966 bits per heavy atom. The summed E-state index contributed by atoms with van der Waals surface area (Å²) in [6.07, 6.45) is 0.742. The van der Waals surface area contributed by atoms with Gasteiger partial charge in [0, 0.05) is 0 Å². The topological polar surface area (TPSA) is 191 Å². The lowest BCUT2D eigenvalue weighted by molar-refractivity contribution is -0.145. The molecule has 8 N–H and O–H groups in total. The number of amides is 3. The zero-order valence-electron chi connectivity index (χ0n) is 17.0. The van der Waals surface area contributed by atoms with Crippen LogP contribution in [0.5, 0.6) is 0 Å². The number of carbonyl (C=O) groups excluding carboxylic acids is 3. The van der Waals surface area contributed by atoms with Crippen molar-refractivity contribution in [3.8, 4) is 0 Å². The van der Waals surface area contributed by atoms with Crippen LogP contribution < -0.4 is 21.7 Å². The van der Waals surface area contributed by atoms with Crippen molar-refractivity contribution in [2.75, 3.05) is 18.6 Å². The molecule has 12 heteroatoms. The molecule has 0 aliphatic heterocycles. The van der Waals surface area contributed by atoms with E-state index in [1.165, 1.54) is 18.7 Å². The van der Waals surface area contributed by atoms with Crippen molar-refractivity contribution < 1.29 is 34.5 Å². The van der Waals surface area contributed by atoms with E-state index in [1.54, 1.807) is 13.8 Å². The average molecular weight is 437 g/mol. The van der Waals surface area contributed by atoms with Gasteiger partial charge in [0.1, 0.15) is 18.1 Å². The molecule has 0 bridgehead atoms. The number of hydrogen-bond donors (Lipinski definition) is 7. The Morgan fingerprint density at radius 2 is 1.52 bits per heavy atom. The highest BCUT2D eigenvalue weighted by Crippen LogP contribution is 2.07. The number of carboxylic acids is 1. The molecule has 0 aromatic carbocycles. The minimum Gasteiger partial charge on any atom is -0.480 e. The number of thioether (sulfide) groups is 1. The molecule has 0 aromatic heterocycles. The molecular weight excluding hydrogens is 404 g/mol. The zero-order chi connectivity index (χ0) is 22.7. The highest BCUT2D eigenvalue weighted by Gasteiger charge is 2.33. The van der Waals surface area contributed by atoms with Crippen molar-refractivity contribution in [2.24, 2.45) is 11.7 Å². The number of carboxylic acid groups (broad SMARTS) is 1. The van der Waals surface area contributed by atoms with Gasteiger partial charge in [0.2, 0.25) is 17.7 Å². The number of nitrogens with one attached hydrogen (secondary N) is 3. The molecule has 0 heterocycles. The third-order valence-electron chi connectivity index (χ3n) is 4.07. The average Bonchev–Trinajstić information content (AvgIpc) is 2.65. The first-order chi connectivity index (χ1) is 13.5. The van der Waals surface area contributed by atoms with Crippen LogP contribution >= 0.6 is 11.8 Å². The molecule has 168 valence electrons. The van der Waals surface area contributed by atoms with Gasteiger partial charge in [-0.25, -0.2) is 4.79 Å². The van der Waals surface area contributed by atoms with E-state index in [1.807, 2.05) is 6.26 Å². The Balaban J connectivity index is 5.32. The number of aliphatic hydroxyl groups is 2. The Kier molecular flexibility index (Phi) is 12.5. The third kappa shape index (κ3) is 9.43. The van der Waals surface area contributed by atoms with Crippen molar-refractivity contribution in [3.05, 3.63) is 0 Å². The molecule has 0 aromatic rings. The summed E-state index contributed by atoms with van der Waals surface area (Å²) < 4.78 is 0. The summed E-state index contributed by atoms with van der Waals surface area (Å²) in [5, 5.41) is 34.8. The maximum atomic E-state index is 12.7. The van der Waals surface area contributed by atoms with Gasteiger partial charge in [0.25, 0.3) is 0 Å². The summed E-state index contributed by atoms with van der Waals surface area (Å²) in [5.74, 6) is -3.41. The molecule has 3 amide bonds. The Hall–Kier alpha value is -1.89. The fraction of sp³-hybridized carbons (Fsp3) is 0.765. The molecule has 0 aliphatic carbocycles. The van der Waals surface area contributed by atoms with Crippen LogP contribution in [0, 0.1) is 5.92 Å². The van der Waals surface area contributed by atoms with E-state index in [0.717, 1.165) is 0 Å². The fourth-order valence-corrected chi connectivity index (χ4v) is 2.76. The quantitative estimate of drug-likeness (QED) is 0.165. The molecule has 0 radical (unpaired) electrons. The van der Waals surface area contributed by atoms with Gasteiger partial charge in [-0.15, -0.1) is 0 Å². The molecule has 29 heavy (non-hydrogen) atoms. The third-order valence-corrected chi connectivity index (χ3v) is 4.71. The number of hydrogen-bond acceptors (Lipinski definition) is 8. The number of aliphatic hydroxyl groups excluding tert-OH is 2. The molecule has 0 saturated heterocycles. The predicted molar refractivity (Wildman–Crippen MR) is 108 cm³/mol. The molecule has 0 rings (SSSR count). The van der Waals surface area contributed by atoms with E-state index in [-0.39, 0.29) is 6.42 Å². The molecular formula is C17H32N4O7S. The lowest BCUT2D eigenvalue weighted by Crippen LogP contribution is -2.59. The second kappa shape index (κ2) is 13.4. The maximum absolute atomic E-state index is 12.7. The fourth-order valence-electron chi connectivity index (χ4n) is 2.29. The van der Waals surface area contributed by atoms with Gasteiger partial charge < -0.3 is 37.0 Å². The van der Waals surface area contributed by atoms with E-state index in [2.05, 4.69) is 16.0 Å². The van der Waals surface area contributed by atoms with Crippen LogP contribution in [0.1, 0.15) is 27.2 Å². The Labute approximate surface area is 174 Å². The van der Waals surface area contributed by atoms with Crippen molar-refractivity contribution >= 4 is 35.5 Å². The van der Waals surface area contributed by atoms with Gasteiger partial charge >= 0.3 is 5.97 Å². The smallest absolute Gasteiger partial charge is 0.328 e. The molecule has 0 aliphatic rings. The Morgan fingerprint density at radius 3 is 1.93 bits per heavy atom. The summed E-state index contributed by atoms with van der Waals surface area (Å²) >= 11 is 1.45. The highest BCUT2D eigenvalue weighted by molar-refractivity contribution is 7.98. The molecule has 0 spiro atoms. The SMILES string of the molecule is CSCCC(NC(=O)C(N)CO)C(=O)NC(C(=O)NC(C(=O)O)C(C)O)C(C)C. The summed E-state index contributed by atoms with van der Waals surface area (Å²) in [5.41, 5.74) is 5.46. The van der Waals surface area contributed by atoms with Crippen LogP contribution in [-0.4, -0.2) is 87.9 Å². The van der Waals surface area contributed by atoms with Crippen molar-refractivity contribution in [2.45, 2.75) is 57.5 Å². The van der Waals surface area contributed by atoms with Crippen LogP contribution in [0.25, 0.3) is 0 Å². The maximum Gasteiger partial charge on any atom is 0.328 e. The van der Waals surface area contributed by atoms with Crippen molar-refractivity contribution in [3.63, 3.8) is 0 Å². The van der Waals surface area contributed by atoms with E-state index < -0.39 is 66.5 Å². The van der Waals surface area contributed by atoms with Crippen molar-refractivity contribution in [1.29, 1.82) is 0 Å². The minimum absolute atomic E-state index is 0.259. The zero-order valence-corrected chi connectivity index (χ0v) is 17.9. The van der Waals surface area contributed by atoms with Gasteiger partial charge in [-0.1, -0.05) is 13.8 Å². The second-order valence-electron chi connectivity index (χ2n) is 6.93. The van der Waals surface area contributed by atoms with Gasteiger partial charge in [0.15, 0.2) is 6.04 Å². The first kappa shape index (κ1) is 27.1. The molecule has 5 atom stereocenters. The molecule has 0 saturated carbocycles. The van der Waals surface area contributed by atoms with Crippen molar-refractivity contribution in [1.82, 2.24) is 16.0 Å². The molecule has 5 unspecified atom stereocenters. The summed E-state index contributed by atoms with van der Waals surface area (Å²) in [4.78, 5) is 48.3.